The summed E-state index contributed by atoms with van der Waals surface area (Å²) in [4.78, 5) is 17.4. The molecule has 0 unspecified atom stereocenters. The molecule has 0 amide bonds. The van der Waals surface area contributed by atoms with E-state index in [1.165, 1.54) is 19.3 Å². The number of para-hydroxylation sites is 1. The zero-order valence-electron chi connectivity index (χ0n) is 19.4. The summed E-state index contributed by atoms with van der Waals surface area (Å²) >= 11 is 0. The number of methoxy groups -OCH3 is 1. The Balaban J connectivity index is 1.87. The minimum atomic E-state index is -0.394. The van der Waals surface area contributed by atoms with E-state index in [2.05, 4.69) is 4.98 Å². The van der Waals surface area contributed by atoms with E-state index in [1.807, 2.05) is 31.2 Å². The largest absolute Gasteiger partial charge is 0.505 e. The third kappa shape index (κ3) is 5.63. The van der Waals surface area contributed by atoms with Gasteiger partial charge in [-0.2, -0.15) is 0 Å². The number of ketones is 1. The van der Waals surface area contributed by atoms with Crippen molar-refractivity contribution in [2.45, 2.75) is 27.0 Å². The van der Waals surface area contributed by atoms with Gasteiger partial charge in [0.2, 0.25) is 0 Å². The summed E-state index contributed by atoms with van der Waals surface area (Å²) in [6, 6.07) is 12.5. The van der Waals surface area contributed by atoms with Crippen molar-refractivity contribution in [2.75, 3.05) is 7.11 Å². The van der Waals surface area contributed by atoms with Crippen LogP contribution >= 0.6 is 0 Å². The maximum absolute atomic E-state index is 13.1. The maximum Gasteiger partial charge on any atom is 0.190 e. The molecule has 0 atom stereocenters. The first-order valence-corrected chi connectivity index (χ1v) is 10.7. The molecule has 1 aromatic heterocycles. The summed E-state index contributed by atoms with van der Waals surface area (Å²) < 4.78 is 11.0. The molecule has 0 radical (unpaired) electrons. The van der Waals surface area contributed by atoms with Gasteiger partial charge in [0.05, 0.1) is 24.1 Å². The third-order valence-electron chi connectivity index (χ3n) is 5.29. The number of nitrogens with two attached hydrogens (primary N) is 1. The first-order valence-electron chi connectivity index (χ1n) is 10.7. The van der Waals surface area contributed by atoms with E-state index < -0.39 is 5.78 Å². The van der Waals surface area contributed by atoms with E-state index in [0.29, 0.717) is 28.5 Å². The lowest BCUT2D eigenvalue weighted by Crippen LogP contribution is -2.14. The predicted octanol–water partition coefficient (Wildman–Crippen LogP) is 4.61. The minimum absolute atomic E-state index is 0.0380. The Labute approximate surface area is 198 Å². The van der Waals surface area contributed by atoms with Crippen LogP contribution < -0.4 is 15.2 Å². The number of rotatable bonds is 9. The van der Waals surface area contributed by atoms with Crippen LogP contribution in [-0.2, 0) is 13.2 Å². The number of ether oxygens (including phenoxy) is 2. The van der Waals surface area contributed by atoms with Crippen LogP contribution in [0, 0.1) is 13.8 Å². The Hall–Kier alpha value is -4.10. The van der Waals surface area contributed by atoms with Crippen molar-refractivity contribution in [3.05, 3.63) is 94.3 Å². The number of aryl methyl sites for hydroxylation is 2. The number of benzene rings is 2. The summed E-state index contributed by atoms with van der Waals surface area (Å²) in [5.74, 6) is 0.486. The molecule has 34 heavy (non-hydrogen) atoms. The van der Waals surface area contributed by atoms with Gasteiger partial charge in [0.1, 0.15) is 18.1 Å². The number of aromatic hydroxyl groups is 2. The van der Waals surface area contributed by atoms with Crippen molar-refractivity contribution < 1.29 is 24.5 Å². The van der Waals surface area contributed by atoms with Crippen molar-refractivity contribution in [3.8, 4) is 23.0 Å². The molecule has 0 bridgehead atoms. The number of carbonyl (C=O) groups is 1. The molecule has 0 fully saturated rings. The Morgan fingerprint density at radius 3 is 2.56 bits per heavy atom. The highest BCUT2D eigenvalue weighted by atomic mass is 16.5. The Kier molecular flexibility index (Phi) is 8.05. The number of aromatic nitrogens is 1. The van der Waals surface area contributed by atoms with Crippen LogP contribution in [0.2, 0.25) is 0 Å². The number of pyridine rings is 1. The molecule has 3 aromatic rings. The monoisotopic (exact) mass is 460 g/mol. The second-order valence-electron chi connectivity index (χ2n) is 7.62. The van der Waals surface area contributed by atoms with E-state index in [0.717, 1.165) is 11.1 Å². The second-order valence-corrected chi connectivity index (χ2v) is 7.62. The molecule has 0 aliphatic rings. The number of hydrogen-bond acceptors (Lipinski definition) is 7. The summed E-state index contributed by atoms with van der Waals surface area (Å²) in [5, 5.41) is 20.4. The molecule has 7 nitrogen and oxygen atoms in total. The van der Waals surface area contributed by atoms with Crippen LogP contribution in [-0.4, -0.2) is 28.1 Å². The van der Waals surface area contributed by atoms with Crippen LogP contribution in [0.3, 0.4) is 0 Å². The van der Waals surface area contributed by atoms with Gasteiger partial charge >= 0.3 is 0 Å². The Morgan fingerprint density at radius 1 is 1.09 bits per heavy atom. The first-order chi connectivity index (χ1) is 16.3. The molecule has 0 aliphatic heterocycles. The van der Waals surface area contributed by atoms with E-state index in [1.54, 1.807) is 37.3 Å². The zero-order valence-corrected chi connectivity index (χ0v) is 19.4. The molecule has 3 rings (SSSR count). The standard InChI is InChI=1S/C27H28N2O5/c1-17-8-4-7-11-24(17)34-16-20-21(15-28)29-18(2)27(32)26(20)23(31)10-6-5-9-19-12-13-22(30)25(14-19)33-3/h4-14,30,32H,15-16,28H2,1-3H3. The van der Waals surface area contributed by atoms with Crippen LogP contribution in [0.4, 0.5) is 0 Å². The van der Waals surface area contributed by atoms with Gasteiger partial charge in [-0.15, -0.1) is 0 Å². The van der Waals surface area contributed by atoms with Gasteiger partial charge < -0.3 is 25.4 Å². The van der Waals surface area contributed by atoms with Crippen molar-refractivity contribution in [2.24, 2.45) is 5.73 Å². The normalized spacial score (nSPS) is 11.3. The number of hydrogen-bond donors (Lipinski definition) is 3. The highest BCUT2D eigenvalue weighted by molar-refractivity contribution is 6.08. The highest BCUT2D eigenvalue weighted by Crippen LogP contribution is 2.30. The fraction of sp³-hybridized carbons (Fsp3) is 0.185. The Morgan fingerprint density at radius 2 is 1.85 bits per heavy atom. The molecule has 0 aliphatic carbocycles. The van der Waals surface area contributed by atoms with Crippen LogP contribution in [0.15, 0.2) is 60.7 Å². The number of nitrogens with zero attached hydrogens (tertiary/aromatic N) is 1. The Bertz CT molecular complexity index is 1250. The van der Waals surface area contributed by atoms with Crippen molar-refractivity contribution in [1.82, 2.24) is 4.98 Å². The fourth-order valence-electron chi connectivity index (χ4n) is 3.44. The number of phenols is 1. The average Bonchev–Trinajstić information content (AvgIpc) is 2.83. The van der Waals surface area contributed by atoms with E-state index >= 15 is 0 Å². The number of phenolic OH excluding ortho intramolecular Hbond substituents is 1. The quantitative estimate of drug-likeness (QED) is 0.243. The third-order valence-corrected chi connectivity index (χ3v) is 5.29. The van der Waals surface area contributed by atoms with Gasteiger partial charge in [0.25, 0.3) is 0 Å². The topological polar surface area (TPSA) is 115 Å². The predicted molar refractivity (Wildman–Crippen MR) is 131 cm³/mol. The minimum Gasteiger partial charge on any atom is -0.505 e. The molecular formula is C27H28N2O5. The molecule has 2 aromatic carbocycles. The van der Waals surface area contributed by atoms with Crippen LogP contribution in [0.1, 0.15) is 38.4 Å². The van der Waals surface area contributed by atoms with Gasteiger partial charge in [-0.3, -0.25) is 9.78 Å². The molecule has 0 spiro atoms. The van der Waals surface area contributed by atoms with Crippen molar-refractivity contribution in [1.29, 1.82) is 0 Å². The fourth-order valence-corrected chi connectivity index (χ4v) is 3.44. The molecule has 0 saturated carbocycles. The molecule has 176 valence electrons. The highest BCUT2D eigenvalue weighted by Gasteiger charge is 2.22. The lowest BCUT2D eigenvalue weighted by molar-refractivity contribution is 0.104. The van der Waals surface area contributed by atoms with Gasteiger partial charge in [0.15, 0.2) is 17.3 Å². The maximum atomic E-state index is 13.1. The van der Waals surface area contributed by atoms with Gasteiger partial charge in [-0.05, 0) is 49.2 Å². The molecular weight excluding hydrogens is 432 g/mol. The SMILES string of the molecule is COc1cc(C=CC=CC(=O)c2c(O)c(C)nc(CN)c2COc2ccccc2C)ccc1O. The number of carbonyl (C=O) groups excluding carboxylic acids is 1. The summed E-state index contributed by atoms with van der Waals surface area (Å²) in [5.41, 5.74) is 9.02. The second kappa shape index (κ2) is 11.2. The van der Waals surface area contributed by atoms with Crippen molar-refractivity contribution in [3.63, 3.8) is 0 Å². The summed E-state index contributed by atoms with van der Waals surface area (Å²) in [6.07, 6.45) is 6.38. The lowest BCUT2D eigenvalue weighted by Gasteiger charge is -2.16. The average molecular weight is 461 g/mol. The molecule has 0 saturated heterocycles. The molecule has 7 heteroatoms. The van der Waals surface area contributed by atoms with E-state index in [9.17, 15) is 15.0 Å². The van der Waals surface area contributed by atoms with Gasteiger partial charge in [-0.1, -0.05) is 42.5 Å². The first kappa shape index (κ1) is 24.5. The number of allylic oxidation sites excluding steroid dienone is 3. The zero-order chi connectivity index (χ0) is 24.7. The summed E-state index contributed by atoms with van der Waals surface area (Å²) in [7, 11) is 1.47. The lowest BCUT2D eigenvalue weighted by atomic mass is 9.99. The molecule has 4 N–H and O–H groups in total. The summed E-state index contributed by atoms with van der Waals surface area (Å²) in [6.45, 7) is 3.68. The van der Waals surface area contributed by atoms with Crippen LogP contribution in [0.5, 0.6) is 23.0 Å². The van der Waals surface area contributed by atoms with Crippen molar-refractivity contribution >= 4 is 11.9 Å². The smallest absolute Gasteiger partial charge is 0.190 e. The van der Waals surface area contributed by atoms with Crippen LogP contribution in [0.25, 0.3) is 6.08 Å². The van der Waals surface area contributed by atoms with E-state index in [-0.39, 0.29) is 30.2 Å². The van der Waals surface area contributed by atoms with Gasteiger partial charge in [0, 0.05) is 12.1 Å². The molecule has 1 heterocycles. The van der Waals surface area contributed by atoms with Gasteiger partial charge in [-0.25, -0.2) is 0 Å². The van der Waals surface area contributed by atoms with E-state index in [4.69, 9.17) is 15.2 Å².